The second-order valence-electron chi connectivity index (χ2n) is 5.12. The first-order valence-corrected chi connectivity index (χ1v) is 8.60. The van der Waals surface area contributed by atoms with Gasteiger partial charge in [-0.15, -0.1) is 0 Å². The van der Waals surface area contributed by atoms with Gasteiger partial charge in [-0.1, -0.05) is 35.5 Å². The first kappa shape index (κ1) is 17.2. The minimum atomic E-state index is -0.496. The van der Waals surface area contributed by atoms with Crippen molar-refractivity contribution < 1.29 is 9.72 Å². The largest absolute Gasteiger partial charge is 0.333 e. The third-order valence-electron chi connectivity index (χ3n) is 3.45. The molecule has 0 aliphatic heterocycles. The van der Waals surface area contributed by atoms with Gasteiger partial charge in [0.25, 0.3) is 5.69 Å². The molecule has 0 atom stereocenters. The fraction of sp³-hybridized carbons (Fsp3) is 0.0588. The number of thioether (sulfide) groups is 1. The van der Waals surface area contributed by atoms with Gasteiger partial charge in [0.1, 0.15) is 0 Å². The van der Waals surface area contributed by atoms with Crippen LogP contribution in [0.25, 0.3) is 11.3 Å². The summed E-state index contributed by atoms with van der Waals surface area (Å²) in [5.41, 5.74) is 2.18. The van der Waals surface area contributed by atoms with Gasteiger partial charge in [-0.05, 0) is 29.8 Å². The molecule has 0 fully saturated rings. The van der Waals surface area contributed by atoms with Gasteiger partial charge >= 0.3 is 0 Å². The number of carbonyl (C=O) groups is 1. The maximum Gasteiger partial charge on any atom is 0.269 e. The Morgan fingerprint density at radius 1 is 1.16 bits per heavy atom. The van der Waals surface area contributed by atoms with Gasteiger partial charge in [-0.3, -0.25) is 14.9 Å². The second-order valence-corrected chi connectivity index (χ2v) is 6.53. The van der Waals surface area contributed by atoms with E-state index in [1.165, 1.54) is 36.0 Å². The van der Waals surface area contributed by atoms with Crippen LogP contribution in [0.5, 0.6) is 0 Å². The minimum Gasteiger partial charge on any atom is -0.333 e. The fourth-order valence-corrected chi connectivity index (χ4v) is 3.01. The van der Waals surface area contributed by atoms with Gasteiger partial charge in [0.05, 0.1) is 22.6 Å². The number of nitro groups is 1. The lowest BCUT2D eigenvalue weighted by molar-refractivity contribution is -0.384. The highest BCUT2D eigenvalue weighted by Gasteiger charge is 2.11. The third kappa shape index (κ3) is 4.26. The summed E-state index contributed by atoms with van der Waals surface area (Å²) >= 11 is 7.15. The molecule has 25 heavy (non-hydrogen) atoms. The number of nitrogens with zero attached hydrogens (tertiary/aromatic N) is 2. The van der Waals surface area contributed by atoms with Crippen molar-refractivity contribution in [2.45, 2.75) is 5.16 Å². The van der Waals surface area contributed by atoms with Gasteiger partial charge in [-0.2, -0.15) is 0 Å². The molecule has 0 saturated heterocycles. The number of aromatic nitrogens is 2. The van der Waals surface area contributed by atoms with E-state index in [-0.39, 0.29) is 17.2 Å². The quantitative estimate of drug-likeness (QED) is 0.295. The lowest BCUT2D eigenvalue weighted by Gasteiger charge is -2.00. The maximum absolute atomic E-state index is 12.2. The summed E-state index contributed by atoms with van der Waals surface area (Å²) in [7, 11) is 0. The smallest absolute Gasteiger partial charge is 0.269 e. The van der Waals surface area contributed by atoms with Crippen LogP contribution in [0, 0.1) is 10.1 Å². The van der Waals surface area contributed by atoms with Crippen molar-refractivity contribution in [2.75, 3.05) is 5.75 Å². The minimum absolute atomic E-state index is 0.0390. The van der Waals surface area contributed by atoms with Gasteiger partial charge in [-0.25, -0.2) is 4.98 Å². The van der Waals surface area contributed by atoms with E-state index in [4.69, 9.17) is 11.6 Å². The summed E-state index contributed by atoms with van der Waals surface area (Å²) < 4.78 is 0. The number of nitrogens with one attached hydrogen (secondary N) is 1. The van der Waals surface area contributed by atoms with Gasteiger partial charge in [0, 0.05) is 22.7 Å². The van der Waals surface area contributed by atoms with Gasteiger partial charge < -0.3 is 4.98 Å². The molecule has 0 amide bonds. The molecule has 0 bridgehead atoms. The van der Waals surface area contributed by atoms with E-state index in [2.05, 4.69) is 9.97 Å². The third-order valence-corrected chi connectivity index (χ3v) is 4.59. The second kappa shape index (κ2) is 7.50. The molecule has 0 radical (unpaired) electrons. The average molecular weight is 374 g/mol. The van der Waals surface area contributed by atoms with Crippen molar-refractivity contribution in [3.63, 3.8) is 0 Å². The van der Waals surface area contributed by atoms with Crippen LogP contribution in [0.1, 0.15) is 10.4 Å². The molecule has 0 aliphatic carbocycles. The molecule has 0 spiro atoms. The standard InChI is InChI=1S/C17H12ClN3O3S/c18-13-5-1-11(2-6-13)15-9-19-17(20-15)25-10-16(22)12-3-7-14(8-4-12)21(23)24/h1-9H,10H2,(H,19,20). The normalized spacial score (nSPS) is 10.6. The molecular formula is C17H12ClN3O3S. The Morgan fingerprint density at radius 3 is 2.48 bits per heavy atom. The summed E-state index contributed by atoms with van der Waals surface area (Å²) in [5.74, 6) is 0.0649. The molecule has 1 aromatic heterocycles. The lowest BCUT2D eigenvalue weighted by Crippen LogP contribution is -2.02. The van der Waals surface area contributed by atoms with E-state index in [1.807, 2.05) is 12.1 Å². The van der Waals surface area contributed by atoms with E-state index in [0.717, 1.165) is 11.3 Å². The van der Waals surface area contributed by atoms with Crippen molar-refractivity contribution >= 4 is 34.8 Å². The number of hydrogen-bond donors (Lipinski definition) is 1. The number of rotatable bonds is 6. The number of H-pyrrole nitrogens is 1. The highest BCUT2D eigenvalue weighted by molar-refractivity contribution is 7.99. The fourth-order valence-electron chi connectivity index (χ4n) is 2.14. The molecule has 6 nitrogen and oxygen atoms in total. The summed E-state index contributed by atoms with van der Waals surface area (Å²) in [6.07, 6.45) is 1.70. The summed E-state index contributed by atoms with van der Waals surface area (Å²) in [4.78, 5) is 29.7. The van der Waals surface area contributed by atoms with Crippen LogP contribution in [-0.4, -0.2) is 26.4 Å². The van der Waals surface area contributed by atoms with Crippen molar-refractivity contribution in [3.8, 4) is 11.3 Å². The molecule has 0 saturated carbocycles. The number of imidazole rings is 1. The molecule has 1 heterocycles. The average Bonchev–Trinajstić information content (AvgIpc) is 3.09. The number of non-ortho nitro benzene ring substituents is 1. The number of nitro benzene ring substituents is 1. The van der Waals surface area contributed by atoms with Crippen LogP contribution in [0.15, 0.2) is 59.9 Å². The predicted octanol–water partition coefficient (Wildman–Crippen LogP) is 4.61. The Hall–Kier alpha value is -2.64. The van der Waals surface area contributed by atoms with Crippen LogP contribution in [0.3, 0.4) is 0 Å². The topological polar surface area (TPSA) is 88.9 Å². The molecule has 8 heteroatoms. The van der Waals surface area contributed by atoms with Crippen LogP contribution < -0.4 is 0 Å². The Balaban J connectivity index is 1.62. The van der Waals surface area contributed by atoms with Gasteiger partial charge in [0.2, 0.25) is 0 Å². The number of aromatic amines is 1. The summed E-state index contributed by atoms with van der Waals surface area (Å²) in [6.45, 7) is 0. The first-order valence-electron chi connectivity index (χ1n) is 7.24. The van der Waals surface area contributed by atoms with E-state index in [9.17, 15) is 14.9 Å². The van der Waals surface area contributed by atoms with Crippen LogP contribution in [0.4, 0.5) is 5.69 Å². The summed E-state index contributed by atoms with van der Waals surface area (Å²) in [6, 6.07) is 12.9. The van der Waals surface area contributed by atoms with Crippen LogP contribution >= 0.6 is 23.4 Å². The zero-order valence-corrected chi connectivity index (χ0v) is 14.4. The Bertz CT molecular complexity index is 908. The molecule has 3 aromatic rings. The van der Waals surface area contributed by atoms with E-state index < -0.39 is 4.92 Å². The van der Waals surface area contributed by atoms with Gasteiger partial charge in [0.15, 0.2) is 10.9 Å². The molecule has 0 unspecified atom stereocenters. The summed E-state index contributed by atoms with van der Waals surface area (Å²) in [5, 5.41) is 11.9. The number of carbonyl (C=O) groups excluding carboxylic acids is 1. The molecular weight excluding hydrogens is 362 g/mol. The number of hydrogen-bond acceptors (Lipinski definition) is 5. The van der Waals surface area contributed by atoms with Crippen molar-refractivity contribution in [3.05, 3.63) is 75.4 Å². The zero-order valence-electron chi connectivity index (χ0n) is 12.8. The van der Waals surface area contributed by atoms with Crippen molar-refractivity contribution in [2.24, 2.45) is 0 Å². The van der Waals surface area contributed by atoms with Crippen molar-refractivity contribution in [1.29, 1.82) is 0 Å². The Labute approximate surface area is 152 Å². The SMILES string of the molecule is O=C(CSc1ncc(-c2ccc(Cl)cc2)[nH]1)c1ccc([N+](=O)[O-])cc1. The monoisotopic (exact) mass is 373 g/mol. The predicted molar refractivity (Wildman–Crippen MR) is 97.2 cm³/mol. The highest BCUT2D eigenvalue weighted by atomic mass is 35.5. The molecule has 2 aromatic carbocycles. The first-order chi connectivity index (χ1) is 12.0. The van der Waals surface area contributed by atoms with E-state index in [1.54, 1.807) is 18.3 Å². The van der Waals surface area contributed by atoms with E-state index in [0.29, 0.717) is 15.7 Å². The molecule has 0 aliphatic rings. The van der Waals surface area contributed by atoms with Crippen LogP contribution in [0.2, 0.25) is 5.02 Å². The highest BCUT2D eigenvalue weighted by Crippen LogP contribution is 2.23. The van der Waals surface area contributed by atoms with Crippen LogP contribution in [-0.2, 0) is 0 Å². The lowest BCUT2D eigenvalue weighted by atomic mass is 10.1. The number of halogens is 1. The number of benzene rings is 2. The van der Waals surface area contributed by atoms with Crippen molar-refractivity contribution in [1.82, 2.24) is 9.97 Å². The number of Topliss-reactive ketones (excluding diaryl/α,β-unsaturated/α-hetero) is 1. The Morgan fingerprint density at radius 2 is 1.84 bits per heavy atom. The molecule has 1 N–H and O–H groups in total. The molecule has 126 valence electrons. The Kier molecular flexibility index (Phi) is 5.16. The maximum atomic E-state index is 12.2. The number of ketones is 1. The van der Waals surface area contributed by atoms with E-state index >= 15 is 0 Å². The zero-order chi connectivity index (χ0) is 17.8. The molecule has 3 rings (SSSR count).